The maximum absolute atomic E-state index is 9.98. The first-order chi connectivity index (χ1) is 6.27. The summed E-state index contributed by atoms with van der Waals surface area (Å²) in [5.41, 5.74) is 1.02. The third-order valence-corrected chi connectivity index (χ3v) is 4.65. The zero-order valence-corrected chi connectivity index (χ0v) is 9.20. The van der Waals surface area contributed by atoms with Crippen molar-refractivity contribution in [2.75, 3.05) is 5.75 Å². The minimum atomic E-state index is -0.293. The summed E-state index contributed by atoms with van der Waals surface area (Å²) in [5.74, 6) is 1.19. The number of hydrogen-bond acceptors (Lipinski definition) is 4. The molecule has 1 aromatic heterocycles. The Bertz CT molecular complexity index is 281. The van der Waals surface area contributed by atoms with Crippen LogP contribution in [0.5, 0.6) is 0 Å². The highest BCUT2D eigenvalue weighted by atomic mass is 32.2. The number of hydrogen-bond donors (Lipinski definition) is 1. The zero-order chi connectivity index (χ0) is 9.26. The summed E-state index contributed by atoms with van der Waals surface area (Å²) >= 11 is 3.31. The van der Waals surface area contributed by atoms with Crippen molar-refractivity contribution in [1.29, 1.82) is 0 Å². The number of aromatic nitrogens is 1. The molecule has 0 amide bonds. The molecule has 1 aliphatic heterocycles. The Morgan fingerprint density at radius 3 is 3.08 bits per heavy atom. The summed E-state index contributed by atoms with van der Waals surface area (Å²) in [5, 5.41) is 10.4. The molecule has 2 atom stereocenters. The molecule has 1 saturated heterocycles. The molecular formula is C9H13NOS2. The normalized spacial score (nSPS) is 24.9. The van der Waals surface area contributed by atoms with Crippen molar-refractivity contribution in [2.24, 2.45) is 0 Å². The molecule has 2 unspecified atom stereocenters. The highest BCUT2D eigenvalue weighted by molar-refractivity contribution is 8.00. The van der Waals surface area contributed by atoms with Gasteiger partial charge in [-0.2, -0.15) is 16.1 Å². The fourth-order valence-corrected chi connectivity index (χ4v) is 3.74. The number of rotatable bonds is 2. The zero-order valence-electron chi connectivity index (χ0n) is 7.56. The second kappa shape index (κ2) is 3.98. The lowest BCUT2D eigenvalue weighted by molar-refractivity contribution is 0.177. The monoisotopic (exact) mass is 215 g/mol. The molecule has 0 bridgehead atoms. The van der Waals surface area contributed by atoms with E-state index in [0.717, 1.165) is 17.0 Å². The molecule has 2 nitrogen and oxygen atoms in total. The van der Waals surface area contributed by atoms with Crippen LogP contribution in [0.25, 0.3) is 0 Å². The molecule has 4 heteroatoms. The molecule has 13 heavy (non-hydrogen) atoms. The van der Waals surface area contributed by atoms with E-state index in [1.807, 2.05) is 24.8 Å². The fourth-order valence-electron chi connectivity index (χ4n) is 1.56. The van der Waals surface area contributed by atoms with Gasteiger partial charge in [-0.05, 0) is 43.1 Å². The average molecular weight is 215 g/mol. The third-order valence-electron chi connectivity index (χ3n) is 2.25. The minimum Gasteiger partial charge on any atom is -0.386 e. The van der Waals surface area contributed by atoms with E-state index in [1.165, 1.54) is 23.7 Å². The van der Waals surface area contributed by atoms with Gasteiger partial charge >= 0.3 is 0 Å². The van der Waals surface area contributed by atoms with E-state index >= 15 is 0 Å². The quantitative estimate of drug-likeness (QED) is 0.822. The van der Waals surface area contributed by atoms with Crippen LogP contribution in [0.3, 0.4) is 0 Å². The van der Waals surface area contributed by atoms with Crippen LogP contribution in [0.15, 0.2) is 6.07 Å². The molecule has 0 saturated carbocycles. The molecule has 1 aliphatic rings. The Kier molecular flexibility index (Phi) is 2.91. The van der Waals surface area contributed by atoms with Gasteiger partial charge < -0.3 is 5.11 Å². The van der Waals surface area contributed by atoms with Crippen LogP contribution < -0.4 is 0 Å². The van der Waals surface area contributed by atoms with Crippen LogP contribution in [0.1, 0.15) is 29.5 Å². The Morgan fingerprint density at radius 2 is 2.54 bits per heavy atom. The maximum atomic E-state index is 9.98. The van der Waals surface area contributed by atoms with Crippen molar-refractivity contribution in [3.8, 4) is 0 Å². The van der Waals surface area contributed by atoms with E-state index in [9.17, 15) is 5.11 Å². The van der Waals surface area contributed by atoms with Crippen molar-refractivity contribution >= 4 is 23.3 Å². The fraction of sp³-hybridized carbons (Fsp3) is 0.667. The predicted molar refractivity (Wildman–Crippen MR) is 57.3 cm³/mol. The lowest BCUT2D eigenvalue weighted by Gasteiger charge is -2.14. The molecule has 1 N–H and O–H groups in total. The summed E-state index contributed by atoms with van der Waals surface area (Å²) in [6, 6.07) is 1.99. The summed E-state index contributed by atoms with van der Waals surface area (Å²) < 4.78 is 4.18. The van der Waals surface area contributed by atoms with Crippen LogP contribution >= 0.6 is 23.3 Å². The maximum Gasteiger partial charge on any atom is 0.102 e. The molecule has 1 aromatic rings. The number of aryl methyl sites for hydroxylation is 1. The lowest BCUT2D eigenvalue weighted by atomic mass is 10.1. The van der Waals surface area contributed by atoms with E-state index < -0.39 is 0 Å². The van der Waals surface area contributed by atoms with E-state index in [1.54, 1.807) is 0 Å². The van der Waals surface area contributed by atoms with Crippen molar-refractivity contribution in [1.82, 2.24) is 4.37 Å². The standard InChI is InChI=1S/C9H13NOS2/c1-6-5-8(13-10-6)9(11)7-3-2-4-12-7/h5,7,9,11H,2-4H2,1H3. The van der Waals surface area contributed by atoms with E-state index in [0.29, 0.717) is 5.25 Å². The van der Waals surface area contributed by atoms with Crippen LogP contribution in [-0.2, 0) is 0 Å². The lowest BCUT2D eigenvalue weighted by Crippen LogP contribution is -2.09. The molecule has 0 aromatic carbocycles. The molecule has 72 valence electrons. The summed E-state index contributed by atoms with van der Waals surface area (Å²) in [6.07, 6.45) is 2.09. The topological polar surface area (TPSA) is 33.1 Å². The predicted octanol–water partition coefficient (Wildman–Crippen LogP) is 2.38. The smallest absolute Gasteiger partial charge is 0.102 e. The molecule has 0 spiro atoms. The highest BCUT2D eigenvalue weighted by Crippen LogP contribution is 2.37. The molecule has 1 fully saturated rings. The average Bonchev–Trinajstić information content (AvgIpc) is 2.72. The van der Waals surface area contributed by atoms with Gasteiger partial charge in [-0.3, -0.25) is 0 Å². The van der Waals surface area contributed by atoms with Gasteiger partial charge in [-0.25, -0.2) is 0 Å². The van der Waals surface area contributed by atoms with Gasteiger partial charge in [0.1, 0.15) is 6.10 Å². The van der Waals surface area contributed by atoms with E-state index in [4.69, 9.17) is 0 Å². The van der Waals surface area contributed by atoms with Crippen molar-refractivity contribution < 1.29 is 5.11 Å². The molecule has 0 radical (unpaired) electrons. The van der Waals surface area contributed by atoms with Gasteiger partial charge in [0.25, 0.3) is 0 Å². The summed E-state index contributed by atoms with van der Waals surface area (Å²) in [6.45, 7) is 1.97. The first-order valence-corrected chi connectivity index (χ1v) is 6.32. The molecule has 2 rings (SSSR count). The van der Waals surface area contributed by atoms with Crippen LogP contribution in [0.2, 0.25) is 0 Å². The van der Waals surface area contributed by atoms with Crippen LogP contribution in [0, 0.1) is 6.92 Å². The van der Waals surface area contributed by atoms with E-state index in [-0.39, 0.29) is 6.10 Å². The van der Waals surface area contributed by atoms with Gasteiger partial charge in [-0.15, -0.1) is 0 Å². The second-order valence-electron chi connectivity index (χ2n) is 3.37. The van der Waals surface area contributed by atoms with Crippen molar-refractivity contribution in [3.63, 3.8) is 0 Å². The Balaban J connectivity index is 2.07. The van der Waals surface area contributed by atoms with Gasteiger partial charge in [0.2, 0.25) is 0 Å². The second-order valence-corrected chi connectivity index (χ2v) is 5.55. The summed E-state index contributed by atoms with van der Waals surface area (Å²) in [4.78, 5) is 1.02. The van der Waals surface area contributed by atoms with Crippen LogP contribution in [0.4, 0.5) is 0 Å². The summed E-state index contributed by atoms with van der Waals surface area (Å²) in [7, 11) is 0. The van der Waals surface area contributed by atoms with Gasteiger partial charge in [0.15, 0.2) is 0 Å². The first kappa shape index (κ1) is 9.49. The largest absolute Gasteiger partial charge is 0.386 e. The Hall–Kier alpha value is -0.0600. The molecular weight excluding hydrogens is 202 g/mol. The van der Waals surface area contributed by atoms with Crippen molar-refractivity contribution in [3.05, 3.63) is 16.6 Å². The van der Waals surface area contributed by atoms with Crippen molar-refractivity contribution in [2.45, 2.75) is 31.1 Å². The Morgan fingerprint density at radius 1 is 1.69 bits per heavy atom. The molecule has 0 aliphatic carbocycles. The van der Waals surface area contributed by atoms with Gasteiger partial charge in [0, 0.05) is 5.25 Å². The Labute approximate surface area is 86.5 Å². The third kappa shape index (κ3) is 2.06. The number of aliphatic hydroxyl groups excluding tert-OH is 1. The first-order valence-electron chi connectivity index (χ1n) is 4.50. The SMILES string of the molecule is Cc1cc(C(O)C2CCCS2)sn1. The van der Waals surface area contributed by atoms with Crippen LogP contribution in [-0.4, -0.2) is 20.5 Å². The van der Waals surface area contributed by atoms with Gasteiger partial charge in [0.05, 0.1) is 10.6 Å². The number of aliphatic hydroxyl groups is 1. The molecule has 2 heterocycles. The van der Waals surface area contributed by atoms with E-state index in [2.05, 4.69) is 4.37 Å². The number of nitrogens with zero attached hydrogens (tertiary/aromatic N) is 1. The van der Waals surface area contributed by atoms with Gasteiger partial charge in [-0.1, -0.05) is 0 Å². The highest BCUT2D eigenvalue weighted by Gasteiger charge is 2.26. The minimum absolute atomic E-state index is 0.293. The number of thioether (sulfide) groups is 1.